The zero-order valence-electron chi connectivity index (χ0n) is 10.9. The molecular weight excluding hydrogens is 288 g/mol. The minimum Gasteiger partial charge on any atom is -0.355 e. The van der Waals surface area contributed by atoms with E-state index in [4.69, 9.17) is 0 Å². The number of pyridine rings is 1. The van der Waals surface area contributed by atoms with E-state index in [0.29, 0.717) is 0 Å². The summed E-state index contributed by atoms with van der Waals surface area (Å²) in [7, 11) is 0. The maximum atomic E-state index is 4.05. The van der Waals surface area contributed by atoms with Crippen LogP contribution in [0, 0.1) is 0 Å². The summed E-state index contributed by atoms with van der Waals surface area (Å²) in [6.07, 6.45) is 3.56. The van der Waals surface area contributed by atoms with Gasteiger partial charge in [-0.1, -0.05) is 32.9 Å². The molecule has 0 aliphatic heterocycles. The van der Waals surface area contributed by atoms with Crippen molar-refractivity contribution < 1.29 is 0 Å². The van der Waals surface area contributed by atoms with Crippen LogP contribution in [0.15, 0.2) is 47.2 Å². The lowest BCUT2D eigenvalue weighted by molar-refractivity contribution is 0.590. The number of nitrogens with one attached hydrogen (secondary N) is 1. The van der Waals surface area contributed by atoms with Gasteiger partial charge in [-0.2, -0.15) is 0 Å². The van der Waals surface area contributed by atoms with Gasteiger partial charge in [0.05, 0.1) is 10.2 Å². The highest BCUT2D eigenvalue weighted by atomic mass is 79.9. The standard InChI is InChI=1S/C15H17BrN2/c1-15(2,3)11-4-6-12(7-5-11)18-14-8-9-17-10-13(14)16/h4-10H,1-3H3,(H,17,18). The fourth-order valence-electron chi connectivity index (χ4n) is 1.69. The summed E-state index contributed by atoms with van der Waals surface area (Å²) in [5.41, 5.74) is 3.63. The molecule has 0 saturated carbocycles. The summed E-state index contributed by atoms with van der Waals surface area (Å²) in [5.74, 6) is 0. The van der Waals surface area contributed by atoms with Gasteiger partial charge in [-0.15, -0.1) is 0 Å². The monoisotopic (exact) mass is 304 g/mol. The Kier molecular flexibility index (Phi) is 3.71. The van der Waals surface area contributed by atoms with Crippen molar-refractivity contribution in [1.29, 1.82) is 0 Å². The first-order valence-electron chi connectivity index (χ1n) is 5.94. The average Bonchev–Trinajstić information content (AvgIpc) is 2.32. The summed E-state index contributed by atoms with van der Waals surface area (Å²) < 4.78 is 0.963. The van der Waals surface area contributed by atoms with Crippen LogP contribution in [0.4, 0.5) is 11.4 Å². The highest BCUT2D eigenvalue weighted by molar-refractivity contribution is 9.10. The molecule has 1 N–H and O–H groups in total. The van der Waals surface area contributed by atoms with Gasteiger partial charge in [0.2, 0.25) is 0 Å². The van der Waals surface area contributed by atoms with E-state index in [2.05, 4.69) is 71.3 Å². The van der Waals surface area contributed by atoms with Crippen LogP contribution in [-0.4, -0.2) is 4.98 Å². The fraction of sp³-hybridized carbons (Fsp3) is 0.267. The molecule has 0 saturated heterocycles. The van der Waals surface area contributed by atoms with Crippen LogP contribution in [0.5, 0.6) is 0 Å². The number of aromatic nitrogens is 1. The van der Waals surface area contributed by atoms with Gasteiger partial charge in [0.25, 0.3) is 0 Å². The predicted octanol–water partition coefficient (Wildman–Crippen LogP) is 4.89. The summed E-state index contributed by atoms with van der Waals surface area (Å²) in [6, 6.07) is 10.5. The third kappa shape index (κ3) is 3.10. The number of halogens is 1. The predicted molar refractivity (Wildman–Crippen MR) is 80.4 cm³/mol. The third-order valence-electron chi connectivity index (χ3n) is 2.80. The van der Waals surface area contributed by atoms with Crippen molar-refractivity contribution in [2.75, 3.05) is 5.32 Å². The average molecular weight is 305 g/mol. The van der Waals surface area contributed by atoms with Gasteiger partial charge >= 0.3 is 0 Å². The molecule has 0 fully saturated rings. The van der Waals surface area contributed by atoms with Crippen LogP contribution in [-0.2, 0) is 5.41 Å². The van der Waals surface area contributed by atoms with Crippen molar-refractivity contribution in [2.45, 2.75) is 26.2 Å². The largest absolute Gasteiger partial charge is 0.355 e. The van der Waals surface area contributed by atoms with Crippen molar-refractivity contribution in [3.63, 3.8) is 0 Å². The second-order valence-corrected chi connectivity index (χ2v) is 6.16. The molecule has 0 aliphatic carbocycles. The van der Waals surface area contributed by atoms with Crippen molar-refractivity contribution in [3.05, 3.63) is 52.8 Å². The molecule has 1 heterocycles. The number of anilines is 2. The smallest absolute Gasteiger partial charge is 0.0593 e. The molecule has 0 aliphatic rings. The topological polar surface area (TPSA) is 24.9 Å². The molecule has 1 aromatic heterocycles. The zero-order valence-corrected chi connectivity index (χ0v) is 12.5. The van der Waals surface area contributed by atoms with Gasteiger partial charge in [-0.3, -0.25) is 4.98 Å². The first-order valence-corrected chi connectivity index (χ1v) is 6.73. The number of benzene rings is 1. The number of nitrogens with zero attached hydrogens (tertiary/aromatic N) is 1. The van der Waals surface area contributed by atoms with Crippen molar-refractivity contribution in [2.24, 2.45) is 0 Å². The lowest BCUT2D eigenvalue weighted by Gasteiger charge is -2.19. The lowest BCUT2D eigenvalue weighted by atomic mass is 9.87. The molecule has 2 rings (SSSR count). The molecule has 2 nitrogen and oxygen atoms in total. The Morgan fingerprint density at radius 2 is 1.72 bits per heavy atom. The Hall–Kier alpha value is -1.35. The van der Waals surface area contributed by atoms with Crippen LogP contribution in [0.1, 0.15) is 26.3 Å². The molecular formula is C15H17BrN2. The maximum absolute atomic E-state index is 4.05. The fourth-order valence-corrected chi connectivity index (χ4v) is 2.04. The van der Waals surface area contributed by atoms with Crippen LogP contribution < -0.4 is 5.32 Å². The molecule has 3 heteroatoms. The van der Waals surface area contributed by atoms with E-state index in [1.165, 1.54) is 5.56 Å². The molecule has 0 bridgehead atoms. The first-order chi connectivity index (χ1) is 8.47. The highest BCUT2D eigenvalue weighted by Gasteiger charge is 2.12. The van der Waals surface area contributed by atoms with Crippen LogP contribution in [0.25, 0.3) is 0 Å². The normalized spacial score (nSPS) is 11.3. The van der Waals surface area contributed by atoms with Crippen LogP contribution >= 0.6 is 15.9 Å². The molecule has 2 aromatic rings. The third-order valence-corrected chi connectivity index (χ3v) is 3.43. The van der Waals surface area contributed by atoms with Crippen molar-refractivity contribution in [1.82, 2.24) is 4.98 Å². The first kappa shape index (κ1) is 13.1. The number of rotatable bonds is 2. The summed E-state index contributed by atoms with van der Waals surface area (Å²) in [4.78, 5) is 4.05. The van der Waals surface area contributed by atoms with Gasteiger partial charge < -0.3 is 5.32 Å². The molecule has 0 spiro atoms. The van der Waals surface area contributed by atoms with E-state index < -0.39 is 0 Å². The number of hydrogen-bond acceptors (Lipinski definition) is 2. The van der Waals surface area contributed by atoms with E-state index in [1.807, 2.05) is 6.07 Å². The Labute approximate surface area is 117 Å². The van der Waals surface area contributed by atoms with E-state index in [9.17, 15) is 0 Å². The van der Waals surface area contributed by atoms with E-state index in [0.717, 1.165) is 15.8 Å². The number of hydrogen-bond donors (Lipinski definition) is 1. The van der Waals surface area contributed by atoms with E-state index in [-0.39, 0.29) is 5.41 Å². The molecule has 94 valence electrons. The summed E-state index contributed by atoms with van der Waals surface area (Å²) in [6.45, 7) is 6.65. The van der Waals surface area contributed by atoms with E-state index in [1.54, 1.807) is 12.4 Å². The van der Waals surface area contributed by atoms with Crippen molar-refractivity contribution >= 4 is 27.3 Å². The summed E-state index contributed by atoms with van der Waals surface area (Å²) >= 11 is 3.47. The second kappa shape index (κ2) is 5.11. The minimum atomic E-state index is 0.190. The molecule has 1 aromatic carbocycles. The molecule has 0 amide bonds. The lowest BCUT2D eigenvalue weighted by Crippen LogP contribution is -2.10. The highest BCUT2D eigenvalue weighted by Crippen LogP contribution is 2.27. The summed E-state index contributed by atoms with van der Waals surface area (Å²) in [5, 5.41) is 3.36. The van der Waals surface area contributed by atoms with Gasteiger partial charge in [0.15, 0.2) is 0 Å². The Morgan fingerprint density at radius 1 is 1.06 bits per heavy atom. The zero-order chi connectivity index (χ0) is 13.2. The molecule has 0 atom stereocenters. The van der Waals surface area contributed by atoms with Gasteiger partial charge in [0, 0.05) is 18.1 Å². The minimum absolute atomic E-state index is 0.190. The van der Waals surface area contributed by atoms with Gasteiger partial charge in [0.1, 0.15) is 0 Å². The Bertz CT molecular complexity index is 527. The maximum Gasteiger partial charge on any atom is 0.0593 e. The van der Waals surface area contributed by atoms with Crippen LogP contribution in [0.2, 0.25) is 0 Å². The van der Waals surface area contributed by atoms with Crippen molar-refractivity contribution in [3.8, 4) is 0 Å². The van der Waals surface area contributed by atoms with Gasteiger partial charge in [-0.05, 0) is 45.1 Å². The van der Waals surface area contributed by atoms with E-state index >= 15 is 0 Å². The second-order valence-electron chi connectivity index (χ2n) is 5.31. The molecule has 0 radical (unpaired) electrons. The van der Waals surface area contributed by atoms with Gasteiger partial charge in [-0.25, -0.2) is 0 Å². The molecule has 18 heavy (non-hydrogen) atoms. The SMILES string of the molecule is CC(C)(C)c1ccc(Nc2ccncc2Br)cc1. The Morgan fingerprint density at radius 3 is 2.28 bits per heavy atom. The Balaban J connectivity index is 2.19. The quantitative estimate of drug-likeness (QED) is 0.855. The van der Waals surface area contributed by atoms with Crippen LogP contribution in [0.3, 0.4) is 0 Å². The molecule has 0 unspecified atom stereocenters.